The Bertz CT molecular complexity index is 450. The Morgan fingerprint density at radius 2 is 1.88 bits per heavy atom. The second kappa shape index (κ2) is 5.87. The standard InChI is InChI=1S/C12H12BrNS2/c13-12-6-5-11(16-12)8-15-10-3-1-9(7-14)2-4-10/h1-6H,7-8,14H2. The van der Waals surface area contributed by atoms with Crippen LogP contribution in [0, 0.1) is 0 Å². The smallest absolute Gasteiger partial charge is 0.0701 e. The molecule has 2 aromatic rings. The van der Waals surface area contributed by atoms with E-state index in [0.29, 0.717) is 6.54 Å². The highest BCUT2D eigenvalue weighted by Gasteiger charge is 1.99. The van der Waals surface area contributed by atoms with Crippen molar-refractivity contribution in [2.75, 3.05) is 0 Å². The molecule has 0 aliphatic carbocycles. The van der Waals surface area contributed by atoms with Gasteiger partial charge in [0.25, 0.3) is 0 Å². The molecule has 0 saturated heterocycles. The number of thioether (sulfide) groups is 1. The summed E-state index contributed by atoms with van der Waals surface area (Å²) in [6.07, 6.45) is 0. The van der Waals surface area contributed by atoms with Crippen LogP contribution < -0.4 is 5.73 Å². The van der Waals surface area contributed by atoms with Gasteiger partial charge in [0.1, 0.15) is 0 Å². The molecule has 0 atom stereocenters. The van der Waals surface area contributed by atoms with Crippen molar-refractivity contribution in [1.29, 1.82) is 0 Å². The molecule has 1 heterocycles. The first-order valence-corrected chi connectivity index (χ1v) is 7.53. The van der Waals surface area contributed by atoms with Crippen LogP contribution in [0.5, 0.6) is 0 Å². The summed E-state index contributed by atoms with van der Waals surface area (Å²) in [6, 6.07) is 12.7. The van der Waals surface area contributed by atoms with Crippen molar-refractivity contribution in [2.45, 2.75) is 17.2 Å². The van der Waals surface area contributed by atoms with Crippen LogP contribution >= 0.6 is 39.0 Å². The second-order valence-corrected chi connectivity index (χ2v) is 6.94. The number of thiophene rings is 1. The Hall–Kier alpha value is -0.290. The number of halogens is 1. The van der Waals surface area contributed by atoms with Crippen LogP contribution in [0.3, 0.4) is 0 Å². The lowest BCUT2D eigenvalue weighted by Gasteiger charge is -2.01. The van der Waals surface area contributed by atoms with Crippen molar-refractivity contribution in [3.8, 4) is 0 Å². The topological polar surface area (TPSA) is 26.0 Å². The van der Waals surface area contributed by atoms with E-state index in [-0.39, 0.29) is 0 Å². The molecule has 0 saturated carbocycles. The Morgan fingerprint density at radius 3 is 2.44 bits per heavy atom. The zero-order valence-corrected chi connectivity index (χ0v) is 11.9. The molecular weight excluding hydrogens is 302 g/mol. The summed E-state index contributed by atoms with van der Waals surface area (Å²) >= 11 is 7.12. The molecule has 0 unspecified atom stereocenters. The fourth-order valence-electron chi connectivity index (χ4n) is 1.31. The summed E-state index contributed by atoms with van der Waals surface area (Å²) in [6.45, 7) is 0.614. The molecule has 0 spiro atoms. The first-order chi connectivity index (χ1) is 7.78. The maximum atomic E-state index is 5.56. The summed E-state index contributed by atoms with van der Waals surface area (Å²) in [5.74, 6) is 1.03. The van der Waals surface area contributed by atoms with Gasteiger partial charge in [-0.05, 0) is 45.8 Å². The number of benzene rings is 1. The summed E-state index contributed by atoms with van der Waals surface area (Å²) in [5, 5.41) is 0. The normalized spacial score (nSPS) is 10.6. The highest BCUT2D eigenvalue weighted by molar-refractivity contribution is 9.11. The van der Waals surface area contributed by atoms with Crippen molar-refractivity contribution in [3.05, 3.63) is 50.6 Å². The van der Waals surface area contributed by atoms with E-state index in [1.54, 1.807) is 11.3 Å². The molecule has 1 aromatic carbocycles. The predicted octanol–water partition coefficient (Wildman–Crippen LogP) is 4.26. The van der Waals surface area contributed by atoms with E-state index in [4.69, 9.17) is 5.73 Å². The Morgan fingerprint density at radius 1 is 1.12 bits per heavy atom. The average Bonchev–Trinajstić information content (AvgIpc) is 2.73. The first-order valence-electron chi connectivity index (χ1n) is 4.94. The van der Waals surface area contributed by atoms with Gasteiger partial charge in [0, 0.05) is 22.1 Å². The molecule has 0 amide bonds. The largest absolute Gasteiger partial charge is 0.326 e. The zero-order valence-electron chi connectivity index (χ0n) is 8.65. The second-order valence-electron chi connectivity index (χ2n) is 3.34. The number of hydrogen-bond donors (Lipinski definition) is 1. The number of nitrogens with two attached hydrogens (primary N) is 1. The van der Waals surface area contributed by atoms with E-state index in [1.165, 1.54) is 19.1 Å². The van der Waals surface area contributed by atoms with Gasteiger partial charge < -0.3 is 5.73 Å². The lowest BCUT2D eigenvalue weighted by atomic mass is 10.2. The average molecular weight is 314 g/mol. The highest BCUT2D eigenvalue weighted by Crippen LogP contribution is 2.29. The van der Waals surface area contributed by atoms with Gasteiger partial charge in [0.2, 0.25) is 0 Å². The van der Waals surface area contributed by atoms with Gasteiger partial charge in [-0.2, -0.15) is 0 Å². The SMILES string of the molecule is NCc1ccc(SCc2ccc(Br)s2)cc1. The molecule has 84 valence electrons. The third-order valence-corrected chi connectivity index (χ3v) is 5.04. The van der Waals surface area contributed by atoms with Crippen molar-refractivity contribution in [1.82, 2.24) is 0 Å². The summed E-state index contributed by atoms with van der Waals surface area (Å²) in [5.41, 5.74) is 6.74. The van der Waals surface area contributed by atoms with Gasteiger partial charge in [-0.3, -0.25) is 0 Å². The minimum Gasteiger partial charge on any atom is -0.326 e. The molecule has 0 fully saturated rings. The molecule has 1 nitrogen and oxygen atoms in total. The molecule has 16 heavy (non-hydrogen) atoms. The molecular formula is C12H12BrNS2. The van der Waals surface area contributed by atoms with Crippen LogP contribution in [-0.4, -0.2) is 0 Å². The lowest BCUT2D eigenvalue weighted by molar-refractivity contribution is 1.07. The van der Waals surface area contributed by atoms with Crippen molar-refractivity contribution < 1.29 is 0 Å². The molecule has 0 aliphatic rings. The van der Waals surface area contributed by atoms with Crippen LogP contribution in [0.25, 0.3) is 0 Å². The lowest BCUT2D eigenvalue weighted by Crippen LogP contribution is -1.94. The van der Waals surface area contributed by atoms with Gasteiger partial charge in [0.05, 0.1) is 3.79 Å². The van der Waals surface area contributed by atoms with Gasteiger partial charge in [0.15, 0.2) is 0 Å². The molecule has 0 bridgehead atoms. The van der Waals surface area contributed by atoms with E-state index in [9.17, 15) is 0 Å². The molecule has 1 aromatic heterocycles. The zero-order chi connectivity index (χ0) is 11.4. The van der Waals surface area contributed by atoms with Crippen LogP contribution in [0.1, 0.15) is 10.4 Å². The third-order valence-electron chi connectivity index (χ3n) is 2.17. The van der Waals surface area contributed by atoms with E-state index in [2.05, 4.69) is 52.3 Å². The molecule has 2 N–H and O–H groups in total. The van der Waals surface area contributed by atoms with Crippen molar-refractivity contribution >= 4 is 39.0 Å². The van der Waals surface area contributed by atoms with Gasteiger partial charge in [-0.25, -0.2) is 0 Å². The minimum atomic E-state index is 0.614. The molecule has 2 rings (SSSR count). The quantitative estimate of drug-likeness (QED) is 0.853. The summed E-state index contributed by atoms with van der Waals surface area (Å²) < 4.78 is 1.20. The number of hydrogen-bond acceptors (Lipinski definition) is 3. The van der Waals surface area contributed by atoms with Crippen LogP contribution in [0.15, 0.2) is 45.1 Å². The van der Waals surface area contributed by atoms with Crippen LogP contribution in [0.2, 0.25) is 0 Å². The van der Waals surface area contributed by atoms with Crippen LogP contribution in [0.4, 0.5) is 0 Å². The van der Waals surface area contributed by atoms with E-state index in [0.717, 1.165) is 5.75 Å². The van der Waals surface area contributed by atoms with Crippen LogP contribution in [-0.2, 0) is 12.3 Å². The fraction of sp³-hybridized carbons (Fsp3) is 0.167. The molecule has 4 heteroatoms. The Balaban J connectivity index is 1.94. The van der Waals surface area contributed by atoms with Gasteiger partial charge in [-0.15, -0.1) is 23.1 Å². The maximum Gasteiger partial charge on any atom is 0.0701 e. The van der Waals surface area contributed by atoms with Crippen molar-refractivity contribution in [3.63, 3.8) is 0 Å². The molecule has 0 aliphatic heterocycles. The monoisotopic (exact) mass is 313 g/mol. The van der Waals surface area contributed by atoms with E-state index >= 15 is 0 Å². The first kappa shape index (κ1) is 12.2. The fourth-order valence-corrected chi connectivity index (χ4v) is 3.73. The number of rotatable bonds is 4. The van der Waals surface area contributed by atoms with Gasteiger partial charge >= 0.3 is 0 Å². The van der Waals surface area contributed by atoms with Crippen molar-refractivity contribution in [2.24, 2.45) is 5.73 Å². The third kappa shape index (κ3) is 3.35. The highest BCUT2D eigenvalue weighted by atomic mass is 79.9. The van der Waals surface area contributed by atoms with E-state index in [1.807, 2.05) is 11.8 Å². The predicted molar refractivity (Wildman–Crippen MR) is 75.9 cm³/mol. The van der Waals surface area contributed by atoms with Gasteiger partial charge in [-0.1, -0.05) is 12.1 Å². The summed E-state index contributed by atoms with van der Waals surface area (Å²) in [4.78, 5) is 2.68. The van der Waals surface area contributed by atoms with E-state index < -0.39 is 0 Å². The Kier molecular flexibility index (Phi) is 4.46. The molecule has 0 radical (unpaired) electrons. The summed E-state index contributed by atoms with van der Waals surface area (Å²) in [7, 11) is 0. The maximum absolute atomic E-state index is 5.56. The minimum absolute atomic E-state index is 0.614. The Labute approximate surface area is 112 Å².